The Bertz CT molecular complexity index is 1090. The normalized spacial score (nSPS) is 26.1. The first-order valence-electron chi connectivity index (χ1n) is 11.0. The van der Waals surface area contributed by atoms with E-state index >= 15 is 0 Å². The van der Waals surface area contributed by atoms with E-state index < -0.39 is 10.0 Å². The average Bonchev–Trinajstić information content (AvgIpc) is 3.53. The molecule has 166 valence electrons. The number of aromatic nitrogens is 3. The Balaban J connectivity index is 1.31. The molecule has 31 heavy (non-hydrogen) atoms. The van der Waals surface area contributed by atoms with E-state index in [1.807, 2.05) is 32.9 Å². The second kappa shape index (κ2) is 7.70. The molecule has 1 aliphatic carbocycles. The fourth-order valence-electron chi connectivity index (χ4n) is 4.82. The van der Waals surface area contributed by atoms with E-state index in [4.69, 9.17) is 9.47 Å². The largest absolute Gasteiger partial charge is 0.474 e. The highest BCUT2D eigenvalue weighted by molar-refractivity contribution is 7.90. The van der Waals surface area contributed by atoms with Gasteiger partial charge in [-0.15, -0.1) is 0 Å². The molecule has 0 N–H and O–H groups in total. The quantitative estimate of drug-likeness (QED) is 0.673. The van der Waals surface area contributed by atoms with Gasteiger partial charge in [0.2, 0.25) is 21.8 Å². The summed E-state index contributed by atoms with van der Waals surface area (Å²) in [5.74, 6) is 1.58. The van der Waals surface area contributed by atoms with E-state index in [0.717, 1.165) is 42.6 Å². The van der Waals surface area contributed by atoms with Crippen LogP contribution in [0.5, 0.6) is 17.5 Å². The van der Waals surface area contributed by atoms with Crippen LogP contribution in [0.4, 0.5) is 0 Å². The number of rotatable bonds is 6. The minimum absolute atomic E-state index is 0.0356. The minimum Gasteiger partial charge on any atom is -0.474 e. The monoisotopic (exact) mass is 444 g/mol. The van der Waals surface area contributed by atoms with Gasteiger partial charge in [0.1, 0.15) is 12.4 Å². The summed E-state index contributed by atoms with van der Waals surface area (Å²) < 4.78 is 39.7. The van der Waals surface area contributed by atoms with Gasteiger partial charge in [-0.1, -0.05) is 0 Å². The third-order valence-corrected chi connectivity index (χ3v) is 9.01. The molecule has 2 aromatic rings. The Morgan fingerprint density at radius 3 is 2.29 bits per heavy atom. The van der Waals surface area contributed by atoms with Gasteiger partial charge in [-0.05, 0) is 58.6 Å². The van der Waals surface area contributed by atoms with Crippen molar-refractivity contribution in [3.63, 3.8) is 0 Å². The molecule has 1 saturated carbocycles. The second-order valence-electron chi connectivity index (χ2n) is 8.92. The Morgan fingerprint density at radius 1 is 0.968 bits per heavy atom. The molecule has 5 rings (SSSR count). The summed E-state index contributed by atoms with van der Waals surface area (Å²) in [6.45, 7) is 5.71. The highest BCUT2D eigenvalue weighted by atomic mass is 32.2. The molecule has 9 heteroatoms. The molecular formula is C22H28N4O4S. The Morgan fingerprint density at radius 2 is 1.65 bits per heavy atom. The first kappa shape index (κ1) is 20.6. The van der Waals surface area contributed by atoms with Gasteiger partial charge in [0.15, 0.2) is 5.75 Å². The number of nitrogens with zero attached hydrogens (tertiary/aromatic N) is 4. The third kappa shape index (κ3) is 3.89. The maximum absolute atomic E-state index is 12.8. The molecule has 8 nitrogen and oxygen atoms in total. The lowest BCUT2D eigenvalue weighted by atomic mass is 10.0. The maximum atomic E-state index is 12.8. The number of aryl methyl sites for hydroxylation is 2. The van der Waals surface area contributed by atoms with E-state index in [1.165, 1.54) is 6.33 Å². The number of fused-ring (bicyclic) bond motifs is 2. The van der Waals surface area contributed by atoms with Gasteiger partial charge in [0.05, 0.1) is 16.5 Å². The van der Waals surface area contributed by atoms with E-state index in [9.17, 15) is 8.42 Å². The summed E-state index contributed by atoms with van der Waals surface area (Å²) in [5, 5.41) is -0.156. The molecule has 2 aromatic heterocycles. The molecule has 2 bridgehead atoms. The van der Waals surface area contributed by atoms with Gasteiger partial charge in [-0.3, -0.25) is 4.98 Å². The minimum atomic E-state index is -3.15. The molecule has 2 atom stereocenters. The predicted molar refractivity (Wildman–Crippen MR) is 115 cm³/mol. The Kier molecular flexibility index (Phi) is 5.13. The summed E-state index contributed by atoms with van der Waals surface area (Å²) >= 11 is 0. The van der Waals surface area contributed by atoms with Gasteiger partial charge in [0.25, 0.3) is 0 Å². The zero-order valence-corrected chi connectivity index (χ0v) is 18.9. The Labute approximate surface area is 183 Å². The Hall–Kier alpha value is -2.26. The summed E-state index contributed by atoms with van der Waals surface area (Å²) in [7, 11) is -3.15. The van der Waals surface area contributed by atoms with Crippen LogP contribution in [0.1, 0.15) is 55.5 Å². The zero-order valence-electron chi connectivity index (χ0n) is 18.1. The van der Waals surface area contributed by atoms with Crippen molar-refractivity contribution in [1.82, 2.24) is 19.3 Å². The van der Waals surface area contributed by atoms with Crippen molar-refractivity contribution < 1.29 is 17.9 Å². The van der Waals surface area contributed by atoms with Crippen molar-refractivity contribution in [3.8, 4) is 17.5 Å². The number of hydrogen-bond donors (Lipinski definition) is 0. The lowest BCUT2D eigenvalue weighted by molar-refractivity contribution is 0.0906. The van der Waals surface area contributed by atoms with Crippen LogP contribution in [0, 0.1) is 20.8 Å². The van der Waals surface area contributed by atoms with E-state index in [1.54, 1.807) is 4.31 Å². The standard InChI is InChI=1S/C22H28N4O4S/c1-13-4-9-20(15(3)25-13)30-22-14(2)21(23-12-24-22)29-18-10-16-5-6-17(11-18)26(16)31(27,28)19-7-8-19/h4,9,12,16-19H,5-8,10-11H2,1-3H3/t16-,17-/m0/s1. The van der Waals surface area contributed by atoms with E-state index in [0.29, 0.717) is 30.4 Å². The lowest BCUT2D eigenvalue weighted by Gasteiger charge is -2.37. The summed E-state index contributed by atoms with van der Waals surface area (Å²) in [4.78, 5) is 13.0. The molecule has 3 fully saturated rings. The van der Waals surface area contributed by atoms with Crippen LogP contribution in [0.2, 0.25) is 0 Å². The van der Waals surface area contributed by atoms with Crippen molar-refractivity contribution in [2.75, 3.05) is 0 Å². The van der Waals surface area contributed by atoms with E-state index in [2.05, 4.69) is 15.0 Å². The topological polar surface area (TPSA) is 94.5 Å². The van der Waals surface area contributed by atoms with Gasteiger partial charge in [-0.2, -0.15) is 4.31 Å². The van der Waals surface area contributed by atoms with Crippen LogP contribution in [-0.4, -0.2) is 51.1 Å². The molecule has 2 saturated heterocycles. The molecule has 4 heterocycles. The lowest BCUT2D eigenvalue weighted by Crippen LogP contribution is -2.50. The first-order chi connectivity index (χ1) is 14.8. The van der Waals surface area contributed by atoms with Gasteiger partial charge in [-0.25, -0.2) is 18.4 Å². The molecule has 0 aromatic carbocycles. The number of hydrogen-bond acceptors (Lipinski definition) is 7. The molecule has 0 amide bonds. The molecular weight excluding hydrogens is 416 g/mol. The predicted octanol–water partition coefficient (Wildman–Crippen LogP) is 3.46. The number of ether oxygens (including phenoxy) is 2. The van der Waals surface area contributed by atoms with Crippen LogP contribution in [0.15, 0.2) is 18.5 Å². The summed E-state index contributed by atoms with van der Waals surface area (Å²) in [6.07, 6.45) is 6.20. The average molecular weight is 445 g/mol. The van der Waals surface area contributed by atoms with Crippen LogP contribution in [0.3, 0.4) is 0 Å². The molecule has 0 unspecified atom stereocenters. The van der Waals surface area contributed by atoms with Crippen molar-refractivity contribution in [1.29, 1.82) is 0 Å². The van der Waals surface area contributed by atoms with Crippen molar-refractivity contribution in [2.24, 2.45) is 0 Å². The molecule has 2 aliphatic heterocycles. The fourth-order valence-corrected chi connectivity index (χ4v) is 7.11. The van der Waals surface area contributed by atoms with Crippen LogP contribution in [-0.2, 0) is 10.0 Å². The smallest absolute Gasteiger partial charge is 0.229 e. The van der Waals surface area contributed by atoms with Crippen LogP contribution in [0.25, 0.3) is 0 Å². The first-order valence-corrected chi connectivity index (χ1v) is 12.5. The summed E-state index contributed by atoms with van der Waals surface area (Å²) in [6, 6.07) is 3.85. The summed E-state index contributed by atoms with van der Waals surface area (Å²) in [5.41, 5.74) is 2.45. The van der Waals surface area contributed by atoms with Crippen LogP contribution < -0.4 is 9.47 Å². The SMILES string of the molecule is Cc1ccc(Oc2ncnc(OC3C[C@@H]4CC[C@@H](C3)N4S(=O)(=O)C3CC3)c2C)c(C)n1. The van der Waals surface area contributed by atoms with Gasteiger partial charge < -0.3 is 9.47 Å². The number of sulfonamides is 1. The second-order valence-corrected chi connectivity index (χ2v) is 11.0. The number of piperidine rings is 1. The van der Waals surface area contributed by atoms with Crippen molar-refractivity contribution in [2.45, 2.75) is 82.7 Å². The number of pyridine rings is 1. The van der Waals surface area contributed by atoms with Gasteiger partial charge >= 0.3 is 0 Å². The van der Waals surface area contributed by atoms with Crippen molar-refractivity contribution in [3.05, 3.63) is 35.4 Å². The maximum Gasteiger partial charge on any atom is 0.229 e. The molecule has 3 aliphatic rings. The third-order valence-electron chi connectivity index (χ3n) is 6.52. The van der Waals surface area contributed by atoms with E-state index in [-0.39, 0.29) is 23.4 Å². The van der Waals surface area contributed by atoms with Crippen LogP contribution >= 0.6 is 0 Å². The molecule has 0 spiro atoms. The highest BCUT2D eigenvalue weighted by Crippen LogP contribution is 2.44. The zero-order chi connectivity index (χ0) is 21.8. The van der Waals surface area contributed by atoms with Gasteiger partial charge in [0, 0.05) is 30.6 Å². The fraction of sp³-hybridized carbons (Fsp3) is 0.591. The van der Waals surface area contributed by atoms with Crippen molar-refractivity contribution >= 4 is 10.0 Å². The molecule has 0 radical (unpaired) electrons. The highest BCUT2D eigenvalue weighted by Gasteiger charge is 2.52.